The van der Waals surface area contributed by atoms with E-state index in [0.29, 0.717) is 52.0 Å². The monoisotopic (exact) mass is 1530 g/mol. The Labute approximate surface area is 669 Å². The predicted octanol–water partition coefficient (Wildman–Crippen LogP) is 26.2. The van der Waals surface area contributed by atoms with Gasteiger partial charge in [0.25, 0.3) is 0 Å². The van der Waals surface area contributed by atoms with Crippen LogP contribution in [0.5, 0.6) is 0 Å². The van der Waals surface area contributed by atoms with Crippen molar-refractivity contribution in [1.82, 2.24) is 20.4 Å². The zero-order valence-corrected chi connectivity index (χ0v) is 72.7. The third kappa shape index (κ3) is 79.4. The van der Waals surface area contributed by atoms with Gasteiger partial charge in [-0.2, -0.15) is 0 Å². The summed E-state index contributed by atoms with van der Waals surface area (Å²) in [7, 11) is 0. The fourth-order valence-electron chi connectivity index (χ4n) is 14.9. The Balaban J connectivity index is 5.27. The lowest BCUT2D eigenvalue weighted by atomic mass is 10.0. The van der Waals surface area contributed by atoms with Crippen molar-refractivity contribution in [2.24, 2.45) is 0 Å². The lowest BCUT2D eigenvalue weighted by Gasteiger charge is -2.22. The van der Waals surface area contributed by atoms with Gasteiger partial charge in [-0.1, -0.05) is 324 Å². The quantitative estimate of drug-likeness (QED) is 0.0336. The Kier molecular flexibility index (Phi) is 83.6. The number of esters is 4. The summed E-state index contributed by atoms with van der Waals surface area (Å²) < 4.78 is 23.5. The summed E-state index contributed by atoms with van der Waals surface area (Å²) in [5, 5.41) is 6.19. The SMILES string of the molecule is CCCCCCCCCCCOC(=O)CCCCCN(CCCCCCCC(=O)OC(CCCCCCCC)CCCCCCCC)CCCNC(=O)CCC(=O)NCCCN(CCCCCCCC(=O)OC(CCCCCCCC)CCCCCCCC)CCCCCC(=O)OCCCCCCCCCCC. The van der Waals surface area contributed by atoms with Crippen molar-refractivity contribution < 1.29 is 47.7 Å². The molecule has 0 aromatic rings. The van der Waals surface area contributed by atoms with Gasteiger partial charge in [-0.25, -0.2) is 0 Å². The van der Waals surface area contributed by atoms with Crippen LogP contribution in [-0.4, -0.2) is 123 Å². The first-order chi connectivity index (χ1) is 53.0. The van der Waals surface area contributed by atoms with E-state index in [0.717, 1.165) is 232 Å². The van der Waals surface area contributed by atoms with Crippen LogP contribution in [-0.2, 0) is 47.7 Å². The molecule has 108 heavy (non-hydrogen) atoms. The highest BCUT2D eigenvalue weighted by molar-refractivity contribution is 5.83. The molecule has 0 fully saturated rings. The lowest BCUT2D eigenvalue weighted by molar-refractivity contribution is -0.151. The number of nitrogens with one attached hydrogen (secondary N) is 2. The fourth-order valence-corrected chi connectivity index (χ4v) is 14.9. The van der Waals surface area contributed by atoms with Gasteiger partial charge in [0.05, 0.1) is 13.2 Å². The molecule has 14 nitrogen and oxygen atoms in total. The highest BCUT2D eigenvalue weighted by Gasteiger charge is 2.18. The third-order valence-electron chi connectivity index (χ3n) is 22.1. The summed E-state index contributed by atoms with van der Waals surface area (Å²) in [5.74, 6) is -0.379. The number of ether oxygens (including phenoxy) is 4. The van der Waals surface area contributed by atoms with Crippen LogP contribution in [0.25, 0.3) is 0 Å². The number of hydrogen-bond acceptors (Lipinski definition) is 12. The second-order valence-electron chi connectivity index (χ2n) is 32.8. The van der Waals surface area contributed by atoms with Crippen molar-refractivity contribution in [2.45, 2.75) is 503 Å². The van der Waals surface area contributed by atoms with Gasteiger partial charge < -0.3 is 39.4 Å². The topological polar surface area (TPSA) is 170 Å². The van der Waals surface area contributed by atoms with Gasteiger partial charge in [-0.05, 0) is 168 Å². The minimum Gasteiger partial charge on any atom is -0.466 e. The zero-order chi connectivity index (χ0) is 78.6. The zero-order valence-electron chi connectivity index (χ0n) is 72.7. The van der Waals surface area contributed by atoms with Crippen molar-refractivity contribution in [3.8, 4) is 0 Å². The average Bonchev–Trinajstić information content (AvgIpc) is 1.01. The lowest BCUT2D eigenvalue weighted by Crippen LogP contribution is -2.33. The molecule has 0 aromatic carbocycles. The standard InChI is InChI=1S/C94H182N4O10/c1-7-13-19-25-31-33-35-47-63-85-105-91(101)71-57-49-61-81-97(79-59-45-37-43-55-73-93(103)107-87(67-51-39-27-21-15-9-3)68-52-40-28-22-16-10-4)83-65-77-95-89(99)75-76-90(100)96-78-66-84-98(82-62-50-58-72-92(102)106-86-64-48-36-34-32-26-20-14-8-2)80-60-46-38-44-56-74-94(104)108-88(69-53-41-29-23-17-11-5)70-54-42-30-24-18-12-6/h87-88H,7-86H2,1-6H3,(H,95,99)(H,96,100). The number of carbonyl (C=O) groups excluding carboxylic acids is 6. The van der Waals surface area contributed by atoms with Crippen LogP contribution in [0.15, 0.2) is 0 Å². The molecule has 2 N–H and O–H groups in total. The molecular weight excluding hydrogens is 1350 g/mol. The first kappa shape index (κ1) is 105. The summed E-state index contributed by atoms with van der Waals surface area (Å²) in [6, 6.07) is 0. The number of hydrogen-bond donors (Lipinski definition) is 2. The Morgan fingerprint density at radius 2 is 0.426 bits per heavy atom. The minimum absolute atomic E-state index is 0.0168. The first-order valence-corrected chi connectivity index (χ1v) is 47.7. The van der Waals surface area contributed by atoms with E-state index in [2.05, 4.69) is 62.0 Å². The van der Waals surface area contributed by atoms with Crippen molar-refractivity contribution in [3.05, 3.63) is 0 Å². The number of rotatable bonds is 89. The maximum absolute atomic E-state index is 13.1. The number of nitrogens with zero attached hydrogens (tertiary/aromatic N) is 2. The fraction of sp³-hybridized carbons (Fsp3) is 0.936. The second kappa shape index (κ2) is 86.2. The molecule has 2 amide bonds. The highest BCUT2D eigenvalue weighted by atomic mass is 16.6. The molecule has 0 saturated heterocycles. The molecular formula is C94H182N4O10. The van der Waals surface area contributed by atoms with Crippen molar-refractivity contribution in [3.63, 3.8) is 0 Å². The molecule has 0 bridgehead atoms. The molecule has 0 aliphatic rings. The molecule has 0 aliphatic carbocycles. The van der Waals surface area contributed by atoms with Gasteiger partial charge in [0.15, 0.2) is 0 Å². The van der Waals surface area contributed by atoms with E-state index < -0.39 is 0 Å². The van der Waals surface area contributed by atoms with Gasteiger partial charge in [0.2, 0.25) is 11.8 Å². The largest absolute Gasteiger partial charge is 0.466 e. The van der Waals surface area contributed by atoms with Crippen LogP contribution in [0.3, 0.4) is 0 Å². The molecule has 0 unspecified atom stereocenters. The van der Waals surface area contributed by atoms with Gasteiger partial charge in [0, 0.05) is 51.6 Å². The first-order valence-electron chi connectivity index (χ1n) is 47.7. The molecule has 0 atom stereocenters. The average molecular weight is 1530 g/mol. The van der Waals surface area contributed by atoms with Gasteiger partial charge in [-0.3, -0.25) is 28.8 Å². The van der Waals surface area contributed by atoms with E-state index in [1.165, 1.54) is 218 Å². The summed E-state index contributed by atoms with van der Waals surface area (Å²) in [6.07, 6.45) is 76.5. The van der Waals surface area contributed by atoms with E-state index in [1.807, 2.05) is 0 Å². The van der Waals surface area contributed by atoms with Crippen LogP contribution in [0.1, 0.15) is 491 Å². The number of carbonyl (C=O) groups is 6. The predicted molar refractivity (Wildman–Crippen MR) is 458 cm³/mol. The molecule has 0 saturated carbocycles. The summed E-state index contributed by atoms with van der Waals surface area (Å²) in [6.45, 7) is 21.3. The number of amides is 2. The molecule has 14 heteroatoms. The van der Waals surface area contributed by atoms with Crippen LogP contribution in [0.2, 0.25) is 0 Å². The molecule has 0 aromatic heterocycles. The van der Waals surface area contributed by atoms with Crippen LogP contribution in [0, 0.1) is 0 Å². The van der Waals surface area contributed by atoms with Crippen molar-refractivity contribution in [1.29, 1.82) is 0 Å². The summed E-state index contributed by atoms with van der Waals surface area (Å²) in [5.41, 5.74) is 0. The Morgan fingerprint density at radius 3 is 0.694 bits per heavy atom. The van der Waals surface area contributed by atoms with E-state index in [9.17, 15) is 28.8 Å². The maximum Gasteiger partial charge on any atom is 0.306 e. The highest BCUT2D eigenvalue weighted by Crippen LogP contribution is 2.22. The Hall–Kier alpha value is -3.26. The molecule has 0 spiro atoms. The van der Waals surface area contributed by atoms with E-state index in [4.69, 9.17) is 18.9 Å². The molecule has 638 valence electrons. The Morgan fingerprint density at radius 1 is 0.222 bits per heavy atom. The number of unbranched alkanes of at least 4 members (excludes halogenated alkanes) is 48. The van der Waals surface area contributed by atoms with Crippen LogP contribution in [0.4, 0.5) is 0 Å². The van der Waals surface area contributed by atoms with Gasteiger partial charge in [-0.15, -0.1) is 0 Å². The van der Waals surface area contributed by atoms with E-state index >= 15 is 0 Å². The maximum atomic E-state index is 13.1. The smallest absolute Gasteiger partial charge is 0.306 e. The molecule has 0 rings (SSSR count). The second-order valence-corrected chi connectivity index (χ2v) is 32.8. The molecule has 0 radical (unpaired) electrons. The molecule has 0 heterocycles. The van der Waals surface area contributed by atoms with E-state index in [-0.39, 0.29) is 60.7 Å². The normalized spacial score (nSPS) is 11.6. The van der Waals surface area contributed by atoms with Gasteiger partial charge >= 0.3 is 23.9 Å². The summed E-state index contributed by atoms with van der Waals surface area (Å²) in [4.78, 5) is 82.6. The Bertz CT molecular complexity index is 1780. The van der Waals surface area contributed by atoms with Crippen LogP contribution < -0.4 is 10.6 Å². The minimum atomic E-state index is -0.0965. The summed E-state index contributed by atoms with van der Waals surface area (Å²) >= 11 is 0. The molecule has 0 aliphatic heterocycles. The van der Waals surface area contributed by atoms with Crippen molar-refractivity contribution >= 4 is 35.7 Å². The van der Waals surface area contributed by atoms with Crippen molar-refractivity contribution in [2.75, 3.05) is 65.6 Å². The third-order valence-corrected chi connectivity index (χ3v) is 22.1. The van der Waals surface area contributed by atoms with Gasteiger partial charge in [0.1, 0.15) is 12.2 Å². The van der Waals surface area contributed by atoms with Crippen LogP contribution >= 0.6 is 0 Å². The van der Waals surface area contributed by atoms with E-state index in [1.54, 1.807) is 0 Å².